The molecule has 1 saturated heterocycles. The summed E-state index contributed by atoms with van der Waals surface area (Å²) in [6.45, 7) is 5.51. The van der Waals surface area contributed by atoms with Crippen molar-refractivity contribution >= 4 is 5.91 Å². The van der Waals surface area contributed by atoms with Gasteiger partial charge in [-0.3, -0.25) is 9.69 Å². The van der Waals surface area contributed by atoms with Crippen molar-refractivity contribution in [3.8, 4) is 17.2 Å². The highest BCUT2D eigenvalue weighted by atomic mass is 16.2. The Labute approximate surface area is 203 Å². The van der Waals surface area contributed by atoms with Crippen molar-refractivity contribution in [1.82, 2.24) is 15.1 Å². The minimum absolute atomic E-state index is 0.188. The number of amides is 1. The number of likely N-dealkylation sites (N-methyl/N-ethyl adjacent to an activating group) is 1. The van der Waals surface area contributed by atoms with Crippen LogP contribution in [0.3, 0.4) is 0 Å². The third-order valence-electron chi connectivity index (χ3n) is 7.34. The van der Waals surface area contributed by atoms with E-state index in [0.717, 1.165) is 63.1 Å². The van der Waals surface area contributed by atoms with Gasteiger partial charge in [0.2, 0.25) is 5.91 Å². The van der Waals surface area contributed by atoms with Gasteiger partial charge in [-0.05, 0) is 42.1 Å². The number of rotatable bonds is 7. The number of carbonyl (C=O) groups excluding carboxylic acids is 1. The van der Waals surface area contributed by atoms with Crippen LogP contribution in [0, 0.1) is 11.3 Å². The van der Waals surface area contributed by atoms with Crippen molar-refractivity contribution in [1.29, 1.82) is 5.26 Å². The van der Waals surface area contributed by atoms with E-state index in [1.165, 1.54) is 11.1 Å². The Morgan fingerprint density at radius 3 is 2.09 bits per heavy atom. The number of nitrogens with two attached hydrogens (primary N) is 1. The number of hydrogen-bond donors (Lipinski definition) is 2. The Bertz CT molecular complexity index is 981. The molecular weight excluding hydrogens is 422 g/mol. The van der Waals surface area contributed by atoms with Crippen molar-refractivity contribution in [3.63, 3.8) is 0 Å². The average molecular weight is 460 g/mol. The monoisotopic (exact) mass is 459 g/mol. The van der Waals surface area contributed by atoms with Crippen molar-refractivity contribution in [2.24, 2.45) is 5.73 Å². The van der Waals surface area contributed by atoms with Crippen LogP contribution in [-0.4, -0.2) is 60.5 Å². The third-order valence-corrected chi connectivity index (χ3v) is 7.34. The molecule has 4 rings (SSSR count). The van der Waals surface area contributed by atoms with Crippen LogP contribution in [0.2, 0.25) is 0 Å². The summed E-state index contributed by atoms with van der Waals surface area (Å²) in [6.07, 6.45) is 4.93. The molecule has 1 amide bonds. The van der Waals surface area contributed by atoms with Gasteiger partial charge in [0.15, 0.2) is 0 Å². The summed E-state index contributed by atoms with van der Waals surface area (Å²) in [5.74, 6) is -0.188. The van der Waals surface area contributed by atoms with Crippen LogP contribution in [0.15, 0.2) is 48.5 Å². The molecule has 1 aliphatic carbocycles. The van der Waals surface area contributed by atoms with Crippen LogP contribution in [-0.2, 0) is 17.8 Å². The fourth-order valence-electron chi connectivity index (χ4n) is 4.98. The van der Waals surface area contributed by atoms with Gasteiger partial charge in [-0.15, -0.1) is 0 Å². The van der Waals surface area contributed by atoms with Gasteiger partial charge in [0.1, 0.15) is 6.04 Å². The third kappa shape index (κ3) is 6.24. The zero-order chi connectivity index (χ0) is 24.0. The van der Waals surface area contributed by atoms with Crippen LogP contribution in [0.25, 0.3) is 11.1 Å². The van der Waals surface area contributed by atoms with Gasteiger partial charge >= 0.3 is 0 Å². The van der Waals surface area contributed by atoms with E-state index >= 15 is 0 Å². The summed E-state index contributed by atoms with van der Waals surface area (Å²) >= 11 is 0. The highest BCUT2D eigenvalue weighted by Crippen LogP contribution is 2.26. The average Bonchev–Trinajstić information content (AvgIpc) is 2.86. The van der Waals surface area contributed by atoms with E-state index in [0.29, 0.717) is 19.3 Å². The van der Waals surface area contributed by atoms with Crippen molar-refractivity contribution in [2.45, 2.75) is 56.7 Å². The highest BCUT2D eigenvalue weighted by Gasteiger charge is 2.36. The van der Waals surface area contributed by atoms with Crippen LogP contribution in [0.4, 0.5) is 0 Å². The number of piperazine rings is 1. The van der Waals surface area contributed by atoms with Gasteiger partial charge in [0, 0.05) is 39.1 Å². The summed E-state index contributed by atoms with van der Waals surface area (Å²) in [5, 5.41) is 12.5. The second-order valence-corrected chi connectivity index (χ2v) is 10.0. The predicted molar refractivity (Wildman–Crippen MR) is 136 cm³/mol. The minimum atomic E-state index is -0.826. The summed E-state index contributed by atoms with van der Waals surface area (Å²) in [4.78, 5) is 17.6. The lowest BCUT2D eigenvalue weighted by molar-refractivity contribution is -0.127. The Balaban J connectivity index is 1.32. The smallest absolute Gasteiger partial charge is 0.241 e. The van der Waals surface area contributed by atoms with Crippen molar-refractivity contribution in [3.05, 3.63) is 59.7 Å². The van der Waals surface area contributed by atoms with E-state index in [2.05, 4.69) is 64.6 Å². The maximum absolute atomic E-state index is 12.7. The van der Waals surface area contributed by atoms with Gasteiger partial charge in [0.05, 0.1) is 11.6 Å². The first-order valence-electron chi connectivity index (χ1n) is 12.5. The zero-order valence-electron chi connectivity index (χ0n) is 20.3. The fraction of sp³-hybridized carbons (Fsp3) is 0.500. The Morgan fingerprint density at radius 1 is 0.971 bits per heavy atom. The molecule has 34 heavy (non-hydrogen) atoms. The van der Waals surface area contributed by atoms with Crippen LogP contribution in [0.1, 0.15) is 43.2 Å². The molecular formula is C28H37N5O. The van der Waals surface area contributed by atoms with Gasteiger partial charge in [-0.2, -0.15) is 5.26 Å². The van der Waals surface area contributed by atoms with Crippen molar-refractivity contribution in [2.75, 3.05) is 33.2 Å². The normalized spacial score (nSPS) is 19.8. The molecule has 6 nitrogen and oxygen atoms in total. The second-order valence-electron chi connectivity index (χ2n) is 10.0. The SMILES string of the molecule is CN1CCN(Cc2ccc(-c3ccc(C[C@@H](C#N)NC(=O)C4(N)CCCCC4)cc3)cc2)CC1. The number of nitriles is 1. The quantitative estimate of drug-likeness (QED) is 0.664. The standard InChI is InChI=1S/C28H37N5O/c1-32-15-17-33(18-16-32)21-23-7-11-25(12-8-23)24-9-5-22(6-10-24)19-26(20-29)31-27(34)28(30)13-3-2-4-14-28/h5-12,26H,2-4,13-19,21,30H2,1H3,(H,31,34)/t26-/m0/s1. The maximum Gasteiger partial charge on any atom is 0.241 e. The summed E-state index contributed by atoms with van der Waals surface area (Å²) in [6, 6.07) is 18.7. The largest absolute Gasteiger partial charge is 0.338 e. The zero-order valence-corrected chi connectivity index (χ0v) is 20.3. The Morgan fingerprint density at radius 2 is 1.53 bits per heavy atom. The molecule has 1 aliphatic heterocycles. The molecule has 0 spiro atoms. The molecule has 6 heteroatoms. The number of benzene rings is 2. The second kappa shape index (κ2) is 11.1. The van der Waals surface area contributed by atoms with E-state index in [4.69, 9.17) is 5.73 Å². The Hall–Kier alpha value is -2.72. The van der Waals surface area contributed by atoms with Crippen LogP contribution >= 0.6 is 0 Å². The number of nitrogens with zero attached hydrogens (tertiary/aromatic N) is 3. The summed E-state index contributed by atoms with van der Waals surface area (Å²) < 4.78 is 0. The summed E-state index contributed by atoms with van der Waals surface area (Å²) in [7, 11) is 2.18. The van der Waals surface area contributed by atoms with Crippen molar-refractivity contribution < 1.29 is 4.79 Å². The van der Waals surface area contributed by atoms with E-state index in [9.17, 15) is 10.1 Å². The van der Waals surface area contributed by atoms with Crippen LogP contribution < -0.4 is 11.1 Å². The molecule has 0 bridgehead atoms. The first-order valence-corrected chi connectivity index (χ1v) is 12.5. The molecule has 1 heterocycles. The van der Waals surface area contributed by atoms with E-state index in [-0.39, 0.29) is 5.91 Å². The number of carbonyl (C=O) groups is 1. The predicted octanol–water partition coefficient (Wildman–Crippen LogP) is 3.31. The first-order chi connectivity index (χ1) is 16.4. The van der Waals surface area contributed by atoms with Gasteiger partial charge in [0.25, 0.3) is 0 Å². The molecule has 2 fully saturated rings. The first kappa shape index (κ1) is 24.4. The molecule has 0 unspecified atom stereocenters. The molecule has 2 aliphatic rings. The maximum atomic E-state index is 12.7. The topological polar surface area (TPSA) is 85.4 Å². The molecule has 1 atom stereocenters. The lowest BCUT2D eigenvalue weighted by Gasteiger charge is -2.32. The number of nitrogens with one attached hydrogen (secondary N) is 1. The van der Waals surface area contributed by atoms with E-state index in [1.807, 2.05) is 12.1 Å². The van der Waals surface area contributed by atoms with Gasteiger partial charge < -0.3 is 16.0 Å². The molecule has 2 aromatic carbocycles. The lowest BCUT2D eigenvalue weighted by atomic mass is 9.81. The molecule has 3 N–H and O–H groups in total. The molecule has 180 valence electrons. The molecule has 0 radical (unpaired) electrons. The molecule has 0 aromatic heterocycles. The lowest BCUT2D eigenvalue weighted by Crippen LogP contribution is -2.57. The van der Waals surface area contributed by atoms with Crippen LogP contribution in [0.5, 0.6) is 0 Å². The molecule has 2 aromatic rings. The summed E-state index contributed by atoms with van der Waals surface area (Å²) in [5.41, 5.74) is 10.2. The fourth-order valence-corrected chi connectivity index (χ4v) is 4.98. The molecule has 1 saturated carbocycles. The highest BCUT2D eigenvalue weighted by molar-refractivity contribution is 5.86. The number of hydrogen-bond acceptors (Lipinski definition) is 5. The van der Waals surface area contributed by atoms with Gasteiger partial charge in [-0.25, -0.2) is 0 Å². The van der Waals surface area contributed by atoms with Gasteiger partial charge in [-0.1, -0.05) is 67.8 Å². The minimum Gasteiger partial charge on any atom is -0.338 e. The Kier molecular flexibility index (Phi) is 7.99. The van der Waals surface area contributed by atoms with E-state index in [1.54, 1.807) is 0 Å². The van der Waals surface area contributed by atoms with E-state index < -0.39 is 11.6 Å².